The van der Waals surface area contributed by atoms with Gasteiger partial charge in [-0.2, -0.15) is 0 Å². The minimum absolute atomic E-state index is 0.0717. The van der Waals surface area contributed by atoms with Crippen LogP contribution in [0.5, 0.6) is 0 Å². The number of hydrogen-bond acceptors (Lipinski definition) is 3. The van der Waals surface area contributed by atoms with Crippen molar-refractivity contribution < 1.29 is 9.31 Å². The van der Waals surface area contributed by atoms with Crippen molar-refractivity contribution in [3.8, 4) is 0 Å². The fourth-order valence-electron chi connectivity index (χ4n) is 2.06. The van der Waals surface area contributed by atoms with E-state index < -0.39 is 10.7 Å². The summed E-state index contributed by atoms with van der Waals surface area (Å²) in [4.78, 5) is 10.5. The highest BCUT2D eigenvalue weighted by Crippen LogP contribution is 2.25. The van der Waals surface area contributed by atoms with Crippen LogP contribution in [0.2, 0.25) is 5.02 Å². The van der Waals surface area contributed by atoms with Gasteiger partial charge in [0, 0.05) is 29.2 Å². The second-order valence-electron chi connectivity index (χ2n) is 4.65. The van der Waals surface area contributed by atoms with E-state index in [0.717, 1.165) is 5.56 Å². The lowest BCUT2D eigenvalue weighted by atomic mass is 10.1. The first kappa shape index (κ1) is 15.4. The summed E-state index contributed by atoms with van der Waals surface area (Å²) >= 11 is 6.00. The van der Waals surface area contributed by atoms with Crippen LogP contribution in [0.4, 0.5) is 10.1 Å². The Morgan fingerprint density at radius 1 is 1.33 bits per heavy atom. The van der Waals surface area contributed by atoms with E-state index in [0.29, 0.717) is 17.1 Å². The first-order valence-corrected chi connectivity index (χ1v) is 6.77. The van der Waals surface area contributed by atoms with Crippen molar-refractivity contribution in [3.63, 3.8) is 0 Å². The molecule has 2 aromatic rings. The third-order valence-electron chi connectivity index (χ3n) is 3.22. The Morgan fingerprint density at radius 3 is 2.71 bits per heavy atom. The van der Waals surface area contributed by atoms with Crippen LogP contribution < -0.4 is 5.32 Å². The van der Waals surface area contributed by atoms with E-state index >= 15 is 0 Å². The zero-order valence-corrected chi connectivity index (χ0v) is 12.1. The van der Waals surface area contributed by atoms with Crippen molar-refractivity contribution in [2.75, 3.05) is 0 Å². The molecule has 0 heterocycles. The Hall–Kier alpha value is -1.98. The first-order chi connectivity index (χ1) is 9.99. The summed E-state index contributed by atoms with van der Waals surface area (Å²) in [5.41, 5.74) is 1.41. The number of halogens is 2. The van der Waals surface area contributed by atoms with Crippen LogP contribution in [-0.2, 0) is 6.54 Å². The molecule has 1 N–H and O–H groups in total. The maximum Gasteiger partial charge on any atom is 0.273 e. The number of hydrogen-bond donors (Lipinski definition) is 1. The average molecular weight is 309 g/mol. The fraction of sp³-hybridized carbons (Fsp3) is 0.200. The number of nitro groups is 1. The zero-order chi connectivity index (χ0) is 15.4. The molecule has 6 heteroatoms. The molecule has 0 fully saturated rings. The standard InChI is InChI=1S/C15H14ClFN2O2/c1-10(13-7-6-12(17)8-14(13)16)18-9-11-4-2-3-5-15(11)19(20)21/h2-8,10,18H,9H2,1H3. The van der Waals surface area contributed by atoms with E-state index in [1.54, 1.807) is 24.3 Å². The summed E-state index contributed by atoms with van der Waals surface area (Å²) in [6, 6.07) is 10.6. The maximum absolute atomic E-state index is 13.0. The maximum atomic E-state index is 13.0. The van der Waals surface area contributed by atoms with Crippen LogP contribution >= 0.6 is 11.6 Å². The summed E-state index contributed by atoms with van der Waals surface area (Å²) in [5.74, 6) is -0.394. The number of nitro benzene ring substituents is 1. The molecule has 0 aliphatic carbocycles. The SMILES string of the molecule is CC(NCc1ccccc1[N+](=O)[O-])c1ccc(F)cc1Cl. The Balaban J connectivity index is 2.11. The van der Waals surface area contributed by atoms with Gasteiger partial charge in [0.15, 0.2) is 0 Å². The van der Waals surface area contributed by atoms with Crippen LogP contribution in [0.1, 0.15) is 24.1 Å². The van der Waals surface area contributed by atoms with Crippen molar-refractivity contribution in [1.29, 1.82) is 0 Å². The summed E-state index contributed by atoms with van der Waals surface area (Å²) in [6.07, 6.45) is 0. The highest BCUT2D eigenvalue weighted by atomic mass is 35.5. The third-order valence-corrected chi connectivity index (χ3v) is 3.54. The monoisotopic (exact) mass is 308 g/mol. The normalized spacial score (nSPS) is 12.1. The molecule has 4 nitrogen and oxygen atoms in total. The third kappa shape index (κ3) is 3.77. The molecule has 0 amide bonds. The van der Waals surface area contributed by atoms with Crippen LogP contribution in [0.25, 0.3) is 0 Å². The second kappa shape index (κ2) is 6.65. The van der Waals surface area contributed by atoms with Crippen LogP contribution in [0.15, 0.2) is 42.5 Å². The Kier molecular flexibility index (Phi) is 4.88. The topological polar surface area (TPSA) is 55.2 Å². The van der Waals surface area contributed by atoms with Crippen LogP contribution in [0, 0.1) is 15.9 Å². The molecule has 1 atom stereocenters. The smallest absolute Gasteiger partial charge is 0.273 e. The molecular formula is C15H14ClFN2O2. The van der Waals surface area contributed by atoms with Crippen molar-refractivity contribution in [2.24, 2.45) is 0 Å². The summed E-state index contributed by atoms with van der Waals surface area (Å²) < 4.78 is 13.0. The molecule has 0 radical (unpaired) electrons. The minimum Gasteiger partial charge on any atom is -0.306 e. The Labute approximate surface area is 126 Å². The van der Waals surface area contributed by atoms with Gasteiger partial charge in [-0.3, -0.25) is 10.1 Å². The molecule has 21 heavy (non-hydrogen) atoms. The van der Waals surface area contributed by atoms with Gasteiger partial charge in [0.2, 0.25) is 0 Å². The van der Waals surface area contributed by atoms with E-state index in [4.69, 9.17) is 11.6 Å². The molecule has 110 valence electrons. The van der Waals surface area contributed by atoms with E-state index in [9.17, 15) is 14.5 Å². The average Bonchev–Trinajstić information content (AvgIpc) is 2.45. The van der Waals surface area contributed by atoms with Crippen LogP contribution in [-0.4, -0.2) is 4.92 Å². The van der Waals surface area contributed by atoms with Gasteiger partial charge < -0.3 is 5.32 Å². The quantitative estimate of drug-likeness (QED) is 0.664. The van der Waals surface area contributed by atoms with Gasteiger partial charge >= 0.3 is 0 Å². The first-order valence-electron chi connectivity index (χ1n) is 6.39. The number of para-hydroxylation sites is 1. The zero-order valence-electron chi connectivity index (χ0n) is 11.3. The van der Waals surface area contributed by atoms with E-state index in [-0.39, 0.29) is 11.7 Å². The van der Waals surface area contributed by atoms with E-state index in [1.807, 2.05) is 6.92 Å². The Morgan fingerprint density at radius 2 is 2.05 bits per heavy atom. The summed E-state index contributed by atoms with van der Waals surface area (Å²) in [7, 11) is 0. The lowest BCUT2D eigenvalue weighted by Gasteiger charge is -2.16. The van der Waals surface area contributed by atoms with Crippen molar-refractivity contribution in [3.05, 3.63) is 74.5 Å². The molecule has 0 saturated heterocycles. The van der Waals surface area contributed by atoms with Gasteiger partial charge in [0.25, 0.3) is 5.69 Å². The molecule has 0 aromatic heterocycles. The van der Waals surface area contributed by atoms with Gasteiger partial charge in [-0.1, -0.05) is 35.9 Å². The molecule has 0 aliphatic rings. The Bertz CT molecular complexity index is 664. The molecule has 2 rings (SSSR count). The van der Waals surface area contributed by atoms with Gasteiger partial charge in [0.1, 0.15) is 5.82 Å². The van der Waals surface area contributed by atoms with Crippen molar-refractivity contribution >= 4 is 17.3 Å². The van der Waals surface area contributed by atoms with Crippen molar-refractivity contribution in [2.45, 2.75) is 19.5 Å². The lowest BCUT2D eigenvalue weighted by Crippen LogP contribution is -2.19. The summed E-state index contributed by atoms with van der Waals surface area (Å²) in [5, 5.41) is 14.4. The molecule has 0 bridgehead atoms. The predicted octanol–water partition coefficient (Wildman–Crippen LogP) is 4.24. The number of benzene rings is 2. The molecule has 2 aromatic carbocycles. The lowest BCUT2D eigenvalue weighted by molar-refractivity contribution is -0.385. The van der Waals surface area contributed by atoms with E-state index in [1.165, 1.54) is 18.2 Å². The molecule has 0 saturated carbocycles. The molecular weight excluding hydrogens is 295 g/mol. The highest BCUT2D eigenvalue weighted by molar-refractivity contribution is 6.31. The van der Waals surface area contributed by atoms with Crippen molar-refractivity contribution in [1.82, 2.24) is 5.32 Å². The molecule has 0 aliphatic heterocycles. The largest absolute Gasteiger partial charge is 0.306 e. The summed E-state index contributed by atoms with van der Waals surface area (Å²) in [6.45, 7) is 2.19. The van der Waals surface area contributed by atoms with E-state index in [2.05, 4.69) is 5.32 Å². The number of nitrogens with zero attached hydrogens (tertiary/aromatic N) is 1. The number of rotatable bonds is 5. The van der Waals surface area contributed by atoms with Gasteiger partial charge in [0.05, 0.1) is 4.92 Å². The second-order valence-corrected chi connectivity index (χ2v) is 5.06. The number of nitrogens with one attached hydrogen (secondary N) is 1. The fourth-order valence-corrected chi connectivity index (χ4v) is 2.39. The highest BCUT2D eigenvalue weighted by Gasteiger charge is 2.14. The van der Waals surface area contributed by atoms with Gasteiger partial charge in [-0.05, 0) is 24.6 Å². The predicted molar refractivity (Wildman–Crippen MR) is 79.8 cm³/mol. The van der Waals surface area contributed by atoms with Gasteiger partial charge in [-0.15, -0.1) is 0 Å². The minimum atomic E-state index is -0.410. The molecule has 1 unspecified atom stereocenters. The van der Waals surface area contributed by atoms with Crippen LogP contribution in [0.3, 0.4) is 0 Å². The molecule has 0 spiro atoms. The van der Waals surface area contributed by atoms with Gasteiger partial charge in [-0.25, -0.2) is 4.39 Å².